The first-order chi connectivity index (χ1) is 8.93. The van der Waals surface area contributed by atoms with E-state index in [1.807, 2.05) is 0 Å². The largest absolute Gasteiger partial charge is 0.461 e. The average molecular weight is 288 g/mol. The van der Waals surface area contributed by atoms with Crippen LogP contribution in [0.5, 0.6) is 0 Å². The number of rotatable bonds is 8. The molecule has 0 aromatic rings. The van der Waals surface area contributed by atoms with Crippen molar-refractivity contribution in [3.05, 3.63) is 24.4 Å². The topological polar surface area (TPSA) is 63.7 Å². The first-order valence-electron chi connectivity index (χ1n) is 5.83. The van der Waals surface area contributed by atoms with Gasteiger partial charge in [0.15, 0.2) is 5.78 Å². The Balaban J connectivity index is 4.64. The van der Waals surface area contributed by atoms with E-state index in [0.717, 1.165) is 4.90 Å². The predicted octanol–water partition coefficient (Wildman–Crippen LogP) is 1.67. The summed E-state index contributed by atoms with van der Waals surface area (Å²) in [6.45, 7) is 7.04. The maximum absolute atomic E-state index is 11.6. The standard InChI is InChI=1S/C13H18ClNO4/c1-4-19-13(18)11(3)15(12(17)9-14)8-6-5-7-10(2)16/h5,7H,3-4,6,8-9H2,1-2H3/b7-5+. The van der Waals surface area contributed by atoms with Crippen LogP contribution in [-0.4, -0.2) is 41.6 Å². The second-order valence-corrected chi connectivity index (χ2v) is 3.92. The number of halogens is 1. The van der Waals surface area contributed by atoms with Crippen molar-refractivity contribution < 1.29 is 19.1 Å². The molecule has 0 radical (unpaired) electrons. The van der Waals surface area contributed by atoms with Crippen molar-refractivity contribution in [2.75, 3.05) is 19.0 Å². The molecule has 6 heteroatoms. The van der Waals surface area contributed by atoms with Crippen LogP contribution in [0.15, 0.2) is 24.4 Å². The molecule has 106 valence electrons. The fraction of sp³-hybridized carbons (Fsp3) is 0.462. The van der Waals surface area contributed by atoms with Crippen molar-refractivity contribution >= 4 is 29.3 Å². The molecule has 0 aliphatic heterocycles. The molecule has 19 heavy (non-hydrogen) atoms. The first-order valence-corrected chi connectivity index (χ1v) is 6.36. The van der Waals surface area contributed by atoms with Gasteiger partial charge in [0, 0.05) is 6.54 Å². The molecular formula is C13H18ClNO4. The number of ether oxygens (including phenoxy) is 1. The highest BCUT2D eigenvalue weighted by molar-refractivity contribution is 6.27. The number of hydrogen-bond donors (Lipinski definition) is 0. The summed E-state index contributed by atoms with van der Waals surface area (Å²) < 4.78 is 4.78. The fourth-order valence-corrected chi connectivity index (χ4v) is 1.40. The highest BCUT2D eigenvalue weighted by atomic mass is 35.5. The molecular weight excluding hydrogens is 270 g/mol. The summed E-state index contributed by atoms with van der Waals surface area (Å²) in [6, 6.07) is 0. The number of carbonyl (C=O) groups is 3. The number of ketones is 1. The van der Waals surface area contributed by atoms with Gasteiger partial charge >= 0.3 is 5.97 Å². The van der Waals surface area contributed by atoms with E-state index in [0.29, 0.717) is 6.42 Å². The van der Waals surface area contributed by atoms with Crippen molar-refractivity contribution in [2.24, 2.45) is 0 Å². The van der Waals surface area contributed by atoms with Gasteiger partial charge in [0.05, 0.1) is 6.61 Å². The quantitative estimate of drug-likeness (QED) is 0.387. The molecule has 0 aromatic carbocycles. The zero-order valence-corrected chi connectivity index (χ0v) is 11.9. The minimum absolute atomic E-state index is 0.0521. The van der Waals surface area contributed by atoms with Crippen molar-refractivity contribution in [2.45, 2.75) is 20.3 Å². The van der Waals surface area contributed by atoms with E-state index < -0.39 is 11.9 Å². The SMILES string of the molecule is C=C(C(=O)OCC)N(CC/C=C/C(C)=O)C(=O)CCl. The Morgan fingerprint density at radius 2 is 2.00 bits per heavy atom. The number of esters is 1. The normalized spacial score (nSPS) is 10.3. The summed E-state index contributed by atoms with van der Waals surface area (Å²) in [6.07, 6.45) is 3.44. The predicted molar refractivity (Wildman–Crippen MR) is 72.6 cm³/mol. The second-order valence-electron chi connectivity index (χ2n) is 3.65. The maximum Gasteiger partial charge on any atom is 0.354 e. The highest BCUT2D eigenvalue weighted by Gasteiger charge is 2.21. The molecule has 0 heterocycles. The summed E-state index contributed by atoms with van der Waals surface area (Å²) in [5.41, 5.74) is -0.0521. The van der Waals surface area contributed by atoms with E-state index in [9.17, 15) is 14.4 Å². The third kappa shape index (κ3) is 6.76. The Kier molecular flexibility index (Phi) is 8.53. The summed E-state index contributed by atoms with van der Waals surface area (Å²) in [4.78, 5) is 35.0. The van der Waals surface area contributed by atoms with Gasteiger partial charge in [-0.15, -0.1) is 11.6 Å². The monoisotopic (exact) mass is 287 g/mol. The fourth-order valence-electron chi connectivity index (χ4n) is 1.26. The molecule has 0 unspecified atom stereocenters. The molecule has 0 bridgehead atoms. The Labute approximate surface area is 117 Å². The van der Waals surface area contributed by atoms with Crippen molar-refractivity contribution in [1.29, 1.82) is 0 Å². The molecule has 0 rings (SSSR count). The number of allylic oxidation sites excluding steroid dienone is 1. The van der Waals surface area contributed by atoms with E-state index in [2.05, 4.69) is 6.58 Å². The van der Waals surface area contributed by atoms with E-state index in [-0.39, 0.29) is 30.5 Å². The van der Waals surface area contributed by atoms with Crippen LogP contribution in [0, 0.1) is 0 Å². The molecule has 5 nitrogen and oxygen atoms in total. The smallest absolute Gasteiger partial charge is 0.354 e. The van der Waals surface area contributed by atoms with Crippen molar-refractivity contribution in [3.63, 3.8) is 0 Å². The van der Waals surface area contributed by atoms with E-state index >= 15 is 0 Å². The van der Waals surface area contributed by atoms with Gasteiger partial charge in [-0.05, 0) is 26.3 Å². The van der Waals surface area contributed by atoms with Gasteiger partial charge in [0.1, 0.15) is 11.6 Å². The maximum atomic E-state index is 11.6. The molecule has 1 amide bonds. The number of alkyl halides is 1. The van der Waals surface area contributed by atoms with Crippen molar-refractivity contribution in [1.82, 2.24) is 4.90 Å². The van der Waals surface area contributed by atoms with Crippen LogP contribution in [0.1, 0.15) is 20.3 Å². The summed E-state index contributed by atoms with van der Waals surface area (Å²) in [7, 11) is 0. The summed E-state index contributed by atoms with van der Waals surface area (Å²) >= 11 is 5.48. The van der Waals surface area contributed by atoms with Crippen LogP contribution in [0.2, 0.25) is 0 Å². The number of carbonyl (C=O) groups excluding carboxylic acids is 3. The van der Waals surface area contributed by atoms with Crippen LogP contribution in [0.3, 0.4) is 0 Å². The lowest BCUT2D eigenvalue weighted by Crippen LogP contribution is -2.35. The van der Waals surface area contributed by atoms with Gasteiger partial charge in [-0.1, -0.05) is 12.7 Å². The third-order valence-electron chi connectivity index (χ3n) is 2.12. The van der Waals surface area contributed by atoms with Crippen LogP contribution in [-0.2, 0) is 19.1 Å². The molecule has 0 fully saturated rings. The molecule has 0 saturated carbocycles. The van der Waals surface area contributed by atoms with E-state index in [1.54, 1.807) is 13.0 Å². The minimum Gasteiger partial charge on any atom is -0.461 e. The average Bonchev–Trinajstić information content (AvgIpc) is 2.37. The van der Waals surface area contributed by atoms with Crippen LogP contribution >= 0.6 is 11.6 Å². The number of nitrogens with zero attached hydrogens (tertiary/aromatic N) is 1. The van der Waals surface area contributed by atoms with Crippen molar-refractivity contribution in [3.8, 4) is 0 Å². The summed E-state index contributed by atoms with van der Waals surface area (Å²) in [5, 5.41) is 0. The molecule has 0 spiro atoms. The van der Waals surface area contributed by atoms with Crippen LogP contribution in [0.4, 0.5) is 0 Å². The van der Waals surface area contributed by atoms with Gasteiger partial charge in [-0.2, -0.15) is 0 Å². The summed E-state index contributed by atoms with van der Waals surface area (Å²) in [5.74, 6) is -1.43. The molecule has 0 aliphatic rings. The van der Waals surface area contributed by atoms with Crippen LogP contribution < -0.4 is 0 Å². The Bertz CT molecular complexity index is 390. The Hall–Kier alpha value is -1.62. The van der Waals surface area contributed by atoms with E-state index in [4.69, 9.17) is 16.3 Å². The van der Waals surface area contributed by atoms with Crippen LogP contribution in [0.25, 0.3) is 0 Å². The molecule has 0 N–H and O–H groups in total. The lowest BCUT2D eigenvalue weighted by molar-refractivity contribution is -0.143. The molecule has 0 atom stereocenters. The lowest BCUT2D eigenvalue weighted by atomic mass is 10.3. The first kappa shape index (κ1) is 17.4. The third-order valence-corrected chi connectivity index (χ3v) is 2.35. The van der Waals surface area contributed by atoms with Gasteiger partial charge in [0.25, 0.3) is 0 Å². The van der Waals surface area contributed by atoms with Gasteiger partial charge in [-0.25, -0.2) is 4.79 Å². The molecule has 0 aromatic heterocycles. The number of hydrogen-bond acceptors (Lipinski definition) is 4. The Morgan fingerprint density at radius 1 is 1.37 bits per heavy atom. The zero-order chi connectivity index (χ0) is 14.8. The number of amides is 1. The highest BCUT2D eigenvalue weighted by Crippen LogP contribution is 2.08. The molecule has 0 saturated heterocycles. The van der Waals surface area contributed by atoms with E-state index in [1.165, 1.54) is 13.0 Å². The zero-order valence-electron chi connectivity index (χ0n) is 11.1. The van der Waals surface area contributed by atoms with Gasteiger partial charge in [0.2, 0.25) is 5.91 Å². The minimum atomic E-state index is -0.656. The van der Waals surface area contributed by atoms with Gasteiger partial charge < -0.3 is 9.64 Å². The lowest BCUT2D eigenvalue weighted by Gasteiger charge is -2.21. The Morgan fingerprint density at radius 3 is 2.47 bits per heavy atom. The molecule has 0 aliphatic carbocycles. The second kappa shape index (κ2) is 9.33. The van der Waals surface area contributed by atoms with Gasteiger partial charge in [-0.3, -0.25) is 9.59 Å².